The number of carboxylic acid groups (broad SMARTS) is 1. The van der Waals surface area contributed by atoms with Crippen molar-refractivity contribution in [3.8, 4) is 0 Å². The van der Waals surface area contributed by atoms with Gasteiger partial charge >= 0.3 is 5.97 Å². The van der Waals surface area contributed by atoms with E-state index in [2.05, 4.69) is 22.5 Å². The van der Waals surface area contributed by atoms with Gasteiger partial charge in [0.2, 0.25) is 0 Å². The molecule has 0 bridgehead atoms. The van der Waals surface area contributed by atoms with Crippen LogP contribution in [-0.4, -0.2) is 33.7 Å². The number of hydrogen-bond donors (Lipinski definition) is 1. The maximum absolute atomic E-state index is 12.3. The fourth-order valence-corrected chi connectivity index (χ4v) is 3.72. The van der Waals surface area contributed by atoms with Crippen molar-refractivity contribution in [2.45, 2.75) is 25.3 Å². The third kappa shape index (κ3) is 3.04. The van der Waals surface area contributed by atoms with Crippen molar-refractivity contribution in [2.75, 3.05) is 18.0 Å². The summed E-state index contributed by atoms with van der Waals surface area (Å²) in [6.07, 6.45) is 4.87. The van der Waals surface area contributed by atoms with Crippen molar-refractivity contribution in [3.63, 3.8) is 0 Å². The highest BCUT2D eigenvalue weighted by Crippen LogP contribution is 2.31. The molecule has 0 atom stereocenters. The number of thiophene rings is 1. The molecule has 0 aromatic carbocycles. The molecule has 22 heavy (non-hydrogen) atoms. The van der Waals surface area contributed by atoms with E-state index in [1.807, 2.05) is 4.90 Å². The first-order valence-electron chi connectivity index (χ1n) is 7.20. The van der Waals surface area contributed by atoms with Crippen LogP contribution in [0.2, 0.25) is 0 Å². The van der Waals surface area contributed by atoms with E-state index < -0.39 is 5.97 Å². The van der Waals surface area contributed by atoms with Crippen LogP contribution < -0.4 is 10.5 Å². The molecular formula is C15H17N3O3S. The highest BCUT2D eigenvalue weighted by atomic mass is 32.1. The quantitative estimate of drug-likeness (QED) is 0.929. The minimum atomic E-state index is -1.03. The SMILES string of the molecule is O=C(O)Cn1ccnc(N2CCC(c3cccs3)CC2)c1=O. The van der Waals surface area contributed by atoms with Crippen LogP contribution in [0, 0.1) is 0 Å². The number of aliphatic carboxylic acids is 1. The highest BCUT2D eigenvalue weighted by Gasteiger charge is 2.24. The van der Waals surface area contributed by atoms with E-state index in [1.165, 1.54) is 21.8 Å². The van der Waals surface area contributed by atoms with Crippen molar-refractivity contribution in [2.24, 2.45) is 0 Å². The smallest absolute Gasteiger partial charge is 0.323 e. The molecule has 3 heterocycles. The Balaban J connectivity index is 1.74. The number of aromatic nitrogens is 2. The van der Waals surface area contributed by atoms with Crippen LogP contribution in [0.3, 0.4) is 0 Å². The first-order valence-corrected chi connectivity index (χ1v) is 8.08. The molecule has 3 rings (SSSR count). The van der Waals surface area contributed by atoms with Gasteiger partial charge in [-0.1, -0.05) is 6.07 Å². The van der Waals surface area contributed by atoms with Crippen LogP contribution in [0.4, 0.5) is 5.82 Å². The van der Waals surface area contributed by atoms with E-state index in [4.69, 9.17) is 5.11 Å². The Hall–Kier alpha value is -2.15. The third-order valence-corrected chi connectivity index (χ3v) is 4.98. The van der Waals surface area contributed by atoms with Gasteiger partial charge in [-0.2, -0.15) is 0 Å². The first kappa shape index (κ1) is 14.8. The van der Waals surface area contributed by atoms with Gasteiger partial charge in [-0.15, -0.1) is 11.3 Å². The van der Waals surface area contributed by atoms with E-state index in [1.54, 1.807) is 11.3 Å². The van der Waals surface area contributed by atoms with Gasteiger partial charge in [0.25, 0.3) is 5.56 Å². The summed E-state index contributed by atoms with van der Waals surface area (Å²) in [5.74, 6) is -0.134. The Bertz CT molecular complexity index is 703. The fourth-order valence-electron chi connectivity index (χ4n) is 2.82. The predicted molar refractivity (Wildman–Crippen MR) is 84.6 cm³/mol. The third-order valence-electron chi connectivity index (χ3n) is 3.94. The Labute approximate surface area is 131 Å². The molecule has 1 aliphatic rings. The molecule has 0 spiro atoms. The van der Waals surface area contributed by atoms with Crippen LogP contribution in [-0.2, 0) is 11.3 Å². The van der Waals surface area contributed by atoms with Gasteiger partial charge in [-0.25, -0.2) is 4.98 Å². The summed E-state index contributed by atoms with van der Waals surface area (Å²) in [6, 6.07) is 4.22. The summed E-state index contributed by atoms with van der Waals surface area (Å²) in [5.41, 5.74) is -0.334. The molecule has 2 aromatic rings. The molecule has 1 N–H and O–H groups in total. The topological polar surface area (TPSA) is 75.4 Å². The average Bonchev–Trinajstić information content (AvgIpc) is 3.04. The largest absolute Gasteiger partial charge is 0.480 e. The van der Waals surface area contributed by atoms with Crippen LogP contribution >= 0.6 is 11.3 Å². The Morgan fingerprint density at radius 3 is 2.82 bits per heavy atom. The van der Waals surface area contributed by atoms with Crippen molar-refractivity contribution in [3.05, 3.63) is 45.1 Å². The molecule has 0 saturated carbocycles. The fraction of sp³-hybridized carbons (Fsp3) is 0.400. The average molecular weight is 319 g/mol. The van der Waals surface area contributed by atoms with Crippen LogP contribution in [0.5, 0.6) is 0 Å². The molecule has 116 valence electrons. The minimum absolute atomic E-state index is 0.333. The lowest BCUT2D eigenvalue weighted by Gasteiger charge is -2.32. The molecule has 1 aliphatic heterocycles. The molecule has 2 aromatic heterocycles. The zero-order valence-corrected chi connectivity index (χ0v) is 12.8. The number of hydrogen-bond acceptors (Lipinski definition) is 5. The lowest BCUT2D eigenvalue weighted by molar-refractivity contribution is -0.137. The Kier molecular flexibility index (Phi) is 4.24. The van der Waals surface area contributed by atoms with E-state index >= 15 is 0 Å². The number of piperidine rings is 1. The zero-order valence-electron chi connectivity index (χ0n) is 12.0. The highest BCUT2D eigenvalue weighted by molar-refractivity contribution is 7.10. The number of carbonyl (C=O) groups is 1. The molecule has 0 radical (unpaired) electrons. The molecule has 0 aliphatic carbocycles. The second-order valence-electron chi connectivity index (χ2n) is 5.35. The van der Waals surface area contributed by atoms with Gasteiger partial charge in [-0.3, -0.25) is 14.2 Å². The van der Waals surface area contributed by atoms with E-state index in [0.717, 1.165) is 25.9 Å². The summed E-state index contributed by atoms with van der Waals surface area (Å²) in [7, 11) is 0. The normalized spacial score (nSPS) is 15.9. The zero-order chi connectivity index (χ0) is 15.5. The molecule has 7 heteroatoms. The molecule has 1 saturated heterocycles. The lowest BCUT2D eigenvalue weighted by atomic mass is 9.95. The monoisotopic (exact) mass is 319 g/mol. The summed E-state index contributed by atoms with van der Waals surface area (Å²) in [4.78, 5) is 30.6. The number of nitrogens with zero attached hydrogens (tertiary/aromatic N) is 3. The standard InChI is InChI=1S/C15H17N3O3S/c19-13(20)10-18-8-5-16-14(15(18)21)17-6-3-11(4-7-17)12-2-1-9-22-12/h1-2,5,8-9,11H,3-4,6-7,10H2,(H,19,20). The summed E-state index contributed by atoms with van der Waals surface area (Å²) in [5, 5.41) is 10.9. The summed E-state index contributed by atoms with van der Waals surface area (Å²) < 4.78 is 1.19. The van der Waals surface area contributed by atoms with E-state index in [-0.39, 0.29) is 12.1 Å². The summed E-state index contributed by atoms with van der Waals surface area (Å²) >= 11 is 1.77. The van der Waals surface area contributed by atoms with Crippen molar-refractivity contribution in [1.82, 2.24) is 9.55 Å². The van der Waals surface area contributed by atoms with Crippen LogP contribution in [0.25, 0.3) is 0 Å². The molecular weight excluding hydrogens is 302 g/mol. The van der Waals surface area contributed by atoms with E-state index in [0.29, 0.717) is 11.7 Å². The molecule has 0 unspecified atom stereocenters. The second kappa shape index (κ2) is 6.31. The van der Waals surface area contributed by atoms with Gasteiger partial charge in [0.05, 0.1) is 0 Å². The minimum Gasteiger partial charge on any atom is -0.480 e. The molecule has 6 nitrogen and oxygen atoms in total. The van der Waals surface area contributed by atoms with Crippen molar-refractivity contribution in [1.29, 1.82) is 0 Å². The lowest BCUT2D eigenvalue weighted by Crippen LogP contribution is -2.39. The van der Waals surface area contributed by atoms with E-state index in [9.17, 15) is 9.59 Å². The maximum Gasteiger partial charge on any atom is 0.323 e. The Morgan fingerprint density at radius 1 is 1.41 bits per heavy atom. The van der Waals surface area contributed by atoms with Gasteiger partial charge < -0.3 is 10.0 Å². The van der Waals surface area contributed by atoms with Crippen molar-refractivity contribution >= 4 is 23.1 Å². The summed E-state index contributed by atoms with van der Waals surface area (Å²) in [6.45, 7) is 1.20. The van der Waals surface area contributed by atoms with Crippen LogP contribution in [0.1, 0.15) is 23.6 Å². The molecule has 0 amide bonds. The first-order chi connectivity index (χ1) is 10.6. The van der Waals surface area contributed by atoms with Gasteiger partial charge in [0, 0.05) is 30.4 Å². The maximum atomic E-state index is 12.3. The van der Waals surface area contributed by atoms with Gasteiger partial charge in [0.1, 0.15) is 6.54 Å². The number of rotatable bonds is 4. The van der Waals surface area contributed by atoms with Gasteiger partial charge in [-0.05, 0) is 30.2 Å². The van der Waals surface area contributed by atoms with Crippen molar-refractivity contribution < 1.29 is 9.90 Å². The second-order valence-corrected chi connectivity index (χ2v) is 6.33. The van der Waals surface area contributed by atoms with Crippen LogP contribution in [0.15, 0.2) is 34.7 Å². The number of anilines is 1. The van der Waals surface area contributed by atoms with Gasteiger partial charge in [0.15, 0.2) is 5.82 Å². The predicted octanol–water partition coefficient (Wildman–Crippen LogP) is 1.77. The molecule has 1 fully saturated rings. The number of carboxylic acids is 1. The Morgan fingerprint density at radius 2 is 2.18 bits per heavy atom.